The van der Waals surface area contributed by atoms with Crippen LogP contribution in [0.4, 0.5) is 0 Å². The van der Waals surface area contributed by atoms with Crippen molar-refractivity contribution >= 4 is 28.5 Å². The molecule has 0 bridgehead atoms. The van der Waals surface area contributed by atoms with E-state index >= 15 is 0 Å². The highest BCUT2D eigenvalue weighted by Crippen LogP contribution is 2.18. The molecule has 20 heavy (non-hydrogen) atoms. The minimum absolute atomic E-state index is 0.0357. The number of aromatic nitrogens is 4. The van der Waals surface area contributed by atoms with Gasteiger partial charge in [-0.05, 0) is 18.6 Å². The van der Waals surface area contributed by atoms with Crippen LogP contribution in [-0.4, -0.2) is 24.1 Å². The highest BCUT2D eigenvalue weighted by Gasteiger charge is 2.16. The van der Waals surface area contributed by atoms with Crippen LogP contribution in [0.15, 0.2) is 30.5 Å². The van der Waals surface area contributed by atoms with Crippen LogP contribution in [0.3, 0.4) is 0 Å². The van der Waals surface area contributed by atoms with E-state index in [9.17, 15) is 4.79 Å². The number of benzene rings is 1. The molecule has 0 atom stereocenters. The zero-order valence-electron chi connectivity index (χ0n) is 11.1. The Morgan fingerprint density at radius 1 is 1.35 bits per heavy atom. The van der Waals surface area contributed by atoms with Crippen LogP contribution < -0.4 is 0 Å². The summed E-state index contributed by atoms with van der Waals surface area (Å²) in [5.41, 5.74) is 2.43. The molecule has 0 spiro atoms. The molecule has 1 aromatic carbocycles. The predicted octanol–water partition coefficient (Wildman–Crippen LogP) is 2.72. The van der Waals surface area contributed by atoms with Crippen LogP contribution in [0.2, 0.25) is 0 Å². The molecule has 0 fully saturated rings. The Morgan fingerprint density at radius 3 is 2.95 bits per heavy atom. The van der Waals surface area contributed by atoms with Crippen molar-refractivity contribution in [1.29, 1.82) is 0 Å². The lowest BCUT2D eigenvalue weighted by atomic mass is 10.2. The Kier molecular flexibility index (Phi) is 3.56. The minimum atomic E-state index is -0.0357. The average Bonchev–Trinajstić information content (AvgIpc) is 3.08. The Labute approximate surface area is 120 Å². The smallest absolute Gasteiger partial charge is 0.191 e. The van der Waals surface area contributed by atoms with Crippen molar-refractivity contribution in [3.63, 3.8) is 0 Å². The lowest BCUT2D eigenvalue weighted by Crippen LogP contribution is -2.10. The summed E-state index contributed by atoms with van der Waals surface area (Å²) in [6, 6.07) is 7.96. The average molecular weight is 286 g/mol. The fraction of sp³-hybridized carbons (Fsp3) is 0.286. The van der Waals surface area contributed by atoms with E-state index in [1.54, 1.807) is 0 Å². The van der Waals surface area contributed by atoms with Crippen molar-refractivity contribution < 1.29 is 4.79 Å². The highest BCUT2D eigenvalue weighted by molar-refractivity contribution is 6.99. The van der Waals surface area contributed by atoms with Gasteiger partial charge in [0.15, 0.2) is 5.78 Å². The molecule has 0 saturated heterocycles. The Bertz CT molecular complexity index is 733. The van der Waals surface area contributed by atoms with Crippen LogP contribution in [-0.2, 0) is 13.0 Å². The van der Waals surface area contributed by atoms with Gasteiger partial charge in [0, 0.05) is 6.54 Å². The van der Waals surface area contributed by atoms with E-state index in [0.29, 0.717) is 5.69 Å². The van der Waals surface area contributed by atoms with Crippen LogP contribution in [0.1, 0.15) is 29.7 Å². The number of carbonyl (C=O) groups excluding carboxylic acids is 1. The molecule has 102 valence electrons. The van der Waals surface area contributed by atoms with Gasteiger partial charge in [-0.15, -0.1) is 0 Å². The van der Waals surface area contributed by atoms with E-state index in [1.807, 2.05) is 24.3 Å². The first-order chi connectivity index (χ1) is 9.79. The summed E-state index contributed by atoms with van der Waals surface area (Å²) in [5, 5.41) is 0. The summed E-state index contributed by atoms with van der Waals surface area (Å²) in [7, 11) is 0. The second-order valence-corrected chi connectivity index (χ2v) is 5.12. The zero-order valence-corrected chi connectivity index (χ0v) is 11.9. The number of hydrogen-bond acceptors (Lipinski definition) is 5. The van der Waals surface area contributed by atoms with Gasteiger partial charge in [0.1, 0.15) is 11.5 Å². The van der Waals surface area contributed by atoms with Gasteiger partial charge < -0.3 is 4.57 Å². The number of nitrogens with zero attached hydrogens (tertiary/aromatic N) is 4. The summed E-state index contributed by atoms with van der Waals surface area (Å²) < 4.78 is 9.97. The summed E-state index contributed by atoms with van der Waals surface area (Å²) in [4.78, 5) is 16.7. The molecule has 3 rings (SSSR count). The summed E-state index contributed by atoms with van der Waals surface area (Å²) >= 11 is 1.05. The molecule has 0 aliphatic carbocycles. The molecule has 0 radical (unpaired) electrons. The Morgan fingerprint density at radius 2 is 2.20 bits per heavy atom. The number of ketones is 1. The molecule has 0 aliphatic rings. The molecule has 6 heteroatoms. The molecule has 0 N–H and O–H groups in total. The normalized spacial score (nSPS) is 11.1. The fourth-order valence-corrected chi connectivity index (χ4v) is 2.69. The van der Waals surface area contributed by atoms with E-state index in [-0.39, 0.29) is 12.2 Å². The quantitative estimate of drug-likeness (QED) is 0.677. The lowest BCUT2D eigenvalue weighted by Gasteiger charge is -2.06. The SMILES string of the molecule is CCCn1c(CC(=O)c2cnsn2)nc2ccccc21. The van der Waals surface area contributed by atoms with Crippen molar-refractivity contribution in [1.82, 2.24) is 18.3 Å². The van der Waals surface area contributed by atoms with Gasteiger partial charge in [0.05, 0.1) is 35.4 Å². The molecule has 0 amide bonds. The third-order valence-electron chi connectivity index (χ3n) is 3.15. The summed E-state index contributed by atoms with van der Waals surface area (Å²) in [5.74, 6) is 0.762. The Balaban J connectivity index is 1.98. The third kappa shape index (κ3) is 2.34. The largest absolute Gasteiger partial charge is 0.328 e. The van der Waals surface area contributed by atoms with Crippen molar-refractivity contribution in [3.8, 4) is 0 Å². The molecular formula is C14H14N4OS. The zero-order chi connectivity index (χ0) is 13.9. The van der Waals surface area contributed by atoms with Gasteiger partial charge in [-0.2, -0.15) is 8.75 Å². The van der Waals surface area contributed by atoms with Gasteiger partial charge in [-0.1, -0.05) is 19.1 Å². The van der Waals surface area contributed by atoms with Crippen molar-refractivity contribution in [2.75, 3.05) is 0 Å². The second kappa shape index (κ2) is 5.50. The first-order valence-corrected chi connectivity index (χ1v) is 7.27. The third-order valence-corrected chi connectivity index (χ3v) is 3.62. The molecule has 2 aromatic heterocycles. The number of para-hydroxylation sites is 2. The fourth-order valence-electron chi connectivity index (χ4n) is 2.26. The molecule has 2 heterocycles. The van der Waals surface area contributed by atoms with Gasteiger partial charge in [-0.3, -0.25) is 4.79 Å². The van der Waals surface area contributed by atoms with Gasteiger partial charge in [0.25, 0.3) is 0 Å². The number of imidazole rings is 1. The standard InChI is InChI=1S/C14H14N4OS/c1-2-7-18-12-6-4-3-5-10(12)16-14(18)8-13(19)11-9-15-20-17-11/h3-6,9H,2,7-8H2,1H3. The van der Waals surface area contributed by atoms with E-state index < -0.39 is 0 Å². The molecule has 0 aliphatic heterocycles. The van der Waals surface area contributed by atoms with E-state index in [1.165, 1.54) is 6.20 Å². The highest BCUT2D eigenvalue weighted by atomic mass is 32.1. The maximum absolute atomic E-state index is 12.2. The number of hydrogen-bond donors (Lipinski definition) is 0. The molecule has 0 saturated carbocycles. The van der Waals surface area contributed by atoms with Gasteiger partial charge >= 0.3 is 0 Å². The van der Waals surface area contributed by atoms with E-state index in [4.69, 9.17) is 0 Å². The number of rotatable bonds is 5. The first kappa shape index (κ1) is 12.9. The van der Waals surface area contributed by atoms with Crippen molar-refractivity contribution in [2.45, 2.75) is 26.3 Å². The van der Waals surface area contributed by atoms with Gasteiger partial charge in [0.2, 0.25) is 0 Å². The van der Waals surface area contributed by atoms with Gasteiger partial charge in [-0.25, -0.2) is 4.98 Å². The molecule has 5 nitrogen and oxygen atoms in total. The van der Waals surface area contributed by atoms with Crippen LogP contribution in [0, 0.1) is 0 Å². The Hall–Kier alpha value is -2.08. The summed E-state index contributed by atoms with van der Waals surface area (Å²) in [6.45, 7) is 2.98. The first-order valence-electron chi connectivity index (χ1n) is 6.54. The summed E-state index contributed by atoms with van der Waals surface area (Å²) in [6.07, 6.45) is 2.78. The van der Waals surface area contributed by atoms with Crippen molar-refractivity contribution in [2.24, 2.45) is 0 Å². The molecule has 3 aromatic rings. The predicted molar refractivity (Wildman–Crippen MR) is 78.0 cm³/mol. The minimum Gasteiger partial charge on any atom is -0.328 e. The van der Waals surface area contributed by atoms with E-state index in [0.717, 1.165) is 41.6 Å². The van der Waals surface area contributed by atoms with Crippen LogP contribution >= 0.6 is 11.7 Å². The number of Topliss-reactive ketones (excluding diaryl/α,β-unsaturated/α-hetero) is 1. The lowest BCUT2D eigenvalue weighted by molar-refractivity contribution is 0.0986. The topological polar surface area (TPSA) is 60.7 Å². The number of carbonyl (C=O) groups is 1. The number of aryl methyl sites for hydroxylation is 1. The molecule has 0 unspecified atom stereocenters. The van der Waals surface area contributed by atoms with E-state index in [2.05, 4.69) is 25.2 Å². The number of fused-ring (bicyclic) bond motifs is 1. The van der Waals surface area contributed by atoms with Crippen LogP contribution in [0.5, 0.6) is 0 Å². The monoisotopic (exact) mass is 286 g/mol. The maximum Gasteiger partial charge on any atom is 0.191 e. The molecular weight excluding hydrogens is 272 g/mol. The van der Waals surface area contributed by atoms with Crippen LogP contribution in [0.25, 0.3) is 11.0 Å². The second-order valence-electron chi connectivity index (χ2n) is 4.56. The van der Waals surface area contributed by atoms with Crippen molar-refractivity contribution in [3.05, 3.63) is 42.0 Å². The maximum atomic E-state index is 12.2.